The Kier molecular flexibility index (Phi) is 8.66. The lowest BCUT2D eigenvalue weighted by atomic mass is 9.95. The smallest absolute Gasteiger partial charge is 0.251 e. The number of nitrogens with one attached hydrogen (secondary N) is 2. The van der Waals surface area contributed by atoms with Crippen LogP contribution in [0.15, 0.2) is 84.0 Å². The molecule has 0 spiro atoms. The molecule has 1 aromatic heterocycles. The van der Waals surface area contributed by atoms with Gasteiger partial charge in [-0.3, -0.25) is 24.5 Å². The van der Waals surface area contributed by atoms with E-state index in [4.69, 9.17) is 9.73 Å². The molecule has 3 heterocycles. The van der Waals surface area contributed by atoms with Crippen molar-refractivity contribution in [3.05, 3.63) is 124 Å². The molecule has 0 aliphatic carbocycles. The molecule has 4 aromatic rings. The van der Waals surface area contributed by atoms with Gasteiger partial charge in [0.15, 0.2) is 0 Å². The van der Waals surface area contributed by atoms with E-state index in [1.165, 1.54) is 31.4 Å². The Hall–Kier alpha value is -4.96. The summed E-state index contributed by atoms with van der Waals surface area (Å²) in [4.78, 5) is 37.8. The summed E-state index contributed by atoms with van der Waals surface area (Å²) in [6.45, 7) is 2.84. The summed E-state index contributed by atoms with van der Waals surface area (Å²) < 4.78 is 34.2. The van der Waals surface area contributed by atoms with Crippen LogP contribution in [0.5, 0.6) is 5.75 Å². The van der Waals surface area contributed by atoms with Crippen LogP contribution >= 0.6 is 0 Å². The molecule has 0 radical (unpaired) electrons. The Morgan fingerprint density at radius 3 is 2.67 bits per heavy atom. The highest BCUT2D eigenvalue weighted by Crippen LogP contribution is 2.29. The first-order valence-electron chi connectivity index (χ1n) is 14.8. The second-order valence-corrected chi connectivity index (χ2v) is 11.3. The number of carbonyl (C=O) groups is 2. The SMILES string of the molecule is COc1cccc(F)c1CN1C[C@H](NC(=O)c2ccc3c(c2)C(c2ccnc(C)c2)=NC3)CC[C@H]1C(=O)Nc1cccc(F)c1. The Bertz CT molecular complexity index is 1790. The van der Waals surface area contributed by atoms with Crippen LogP contribution in [0.2, 0.25) is 0 Å². The van der Waals surface area contributed by atoms with Crippen molar-refractivity contribution in [3.63, 3.8) is 0 Å². The van der Waals surface area contributed by atoms with Crippen molar-refractivity contribution in [1.82, 2.24) is 15.2 Å². The standard InChI is InChI=1S/C35H33F2N5O3/c1-21-15-22(13-14-38-21)33-28-16-23(9-10-24(28)18-39-33)34(43)41-27-11-12-31(35(44)40-26-6-3-5-25(36)17-26)42(19-27)20-29-30(37)7-4-8-32(29)45-2/h3-10,13-17,27,31H,11-12,18-20H2,1-2H3,(H,40,44)(H,41,43)/t27-,31+/m1/s1. The lowest BCUT2D eigenvalue weighted by Gasteiger charge is -2.39. The molecule has 0 saturated carbocycles. The quantitative estimate of drug-likeness (QED) is 0.278. The molecule has 2 aliphatic rings. The van der Waals surface area contributed by atoms with Crippen LogP contribution in [-0.2, 0) is 17.9 Å². The molecule has 6 rings (SSSR count). The normalized spacial score (nSPS) is 17.7. The molecule has 2 amide bonds. The van der Waals surface area contributed by atoms with Crippen LogP contribution in [0.3, 0.4) is 0 Å². The minimum absolute atomic E-state index is 0.0769. The summed E-state index contributed by atoms with van der Waals surface area (Å²) in [6.07, 6.45) is 2.66. The maximum Gasteiger partial charge on any atom is 0.251 e. The summed E-state index contributed by atoms with van der Waals surface area (Å²) in [7, 11) is 1.47. The number of aromatic nitrogens is 1. The molecule has 2 aliphatic heterocycles. The number of rotatable bonds is 8. The number of benzene rings is 3. The van der Waals surface area contributed by atoms with E-state index >= 15 is 0 Å². The molecule has 1 saturated heterocycles. The van der Waals surface area contributed by atoms with E-state index in [9.17, 15) is 18.4 Å². The Morgan fingerprint density at radius 1 is 1.02 bits per heavy atom. The third kappa shape index (κ3) is 6.61. The fourth-order valence-electron chi connectivity index (χ4n) is 6.04. The summed E-state index contributed by atoms with van der Waals surface area (Å²) in [5.74, 6) is -1.13. The minimum atomic E-state index is -0.645. The van der Waals surface area contributed by atoms with E-state index in [-0.39, 0.29) is 24.4 Å². The van der Waals surface area contributed by atoms with Crippen molar-refractivity contribution >= 4 is 23.2 Å². The monoisotopic (exact) mass is 609 g/mol. The van der Waals surface area contributed by atoms with Gasteiger partial charge in [-0.15, -0.1) is 0 Å². The van der Waals surface area contributed by atoms with Gasteiger partial charge >= 0.3 is 0 Å². The highest BCUT2D eigenvalue weighted by atomic mass is 19.1. The minimum Gasteiger partial charge on any atom is -0.496 e. The molecular weight excluding hydrogens is 576 g/mol. The van der Waals surface area contributed by atoms with Gasteiger partial charge in [-0.05, 0) is 79.9 Å². The van der Waals surface area contributed by atoms with Gasteiger partial charge in [-0.2, -0.15) is 0 Å². The number of fused-ring (bicyclic) bond motifs is 1. The number of hydrogen-bond acceptors (Lipinski definition) is 6. The average molecular weight is 610 g/mol. The van der Waals surface area contributed by atoms with Crippen LogP contribution in [0.25, 0.3) is 0 Å². The van der Waals surface area contributed by atoms with Crippen molar-refractivity contribution in [3.8, 4) is 5.75 Å². The summed E-state index contributed by atoms with van der Waals surface area (Å²) in [5, 5.41) is 5.92. The van der Waals surface area contributed by atoms with Gasteiger partial charge in [0.2, 0.25) is 5.91 Å². The number of amides is 2. The molecule has 2 atom stereocenters. The number of halogens is 2. The van der Waals surface area contributed by atoms with Crippen molar-refractivity contribution in [1.29, 1.82) is 0 Å². The van der Waals surface area contributed by atoms with Crippen molar-refractivity contribution < 1.29 is 23.1 Å². The zero-order valence-electron chi connectivity index (χ0n) is 25.0. The molecule has 3 aromatic carbocycles. The first-order valence-corrected chi connectivity index (χ1v) is 14.8. The molecular formula is C35H33F2N5O3. The van der Waals surface area contributed by atoms with Crippen LogP contribution in [0, 0.1) is 18.6 Å². The third-order valence-electron chi connectivity index (χ3n) is 8.28. The molecule has 230 valence electrons. The number of methoxy groups -OCH3 is 1. The Balaban J connectivity index is 1.21. The predicted molar refractivity (Wildman–Crippen MR) is 167 cm³/mol. The number of aliphatic imine (C=N–C) groups is 1. The Morgan fingerprint density at radius 2 is 1.87 bits per heavy atom. The number of carbonyl (C=O) groups excluding carboxylic acids is 2. The van der Waals surface area contributed by atoms with E-state index in [0.29, 0.717) is 48.5 Å². The summed E-state index contributed by atoms with van der Waals surface area (Å²) >= 11 is 0. The number of anilines is 1. The fourth-order valence-corrected chi connectivity index (χ4v) is 6.04. The number of likely N-dealkylation sites (tertiary alicyclic amines) is 1. The maximum atomic E-state index is 15.0. The van der Waals surface area contributed by atoms with Crippen molar-refractivity contribution in [2.75, 3.05) is 19.0 Å². The van der Waals surface area contributed by atoms with Crippen molar-refractivity contribution in [2.24, 2.45) is 4.99 Å². The number of piperidine rings is 1. The number of pyridine rings is 1. The van der Waals surface area contributed by atoms with Gasteiger partial charge in [0.1, 0.15) is 17.4 Å². The number of nitrogens with zero attached hydrogens (tertiary/aromatic N) is 3. The average Bonchev–Trinajstić information content (AvgIpc) is 3.45. The lowest BCUT2D eigenvalue weighted by molar-refractivity contribution is -0.123. The van der Waals surface area contributed by atoms with Crippen LogP contribution in [0.1, 0.15) is 51.1 Å². The van der Waals surface area contributed by atoms with E-state index in [1.807, 2.05) is 36.1 Å². The topological polar surface area (TPSA) is 95.9 Å². The summed E-state index contributed by atoms with van der Waals surface area (Å²) in [6, 6.07) is 18.8. The zero-order valence-corrected chi connectivity index (χ0v) is 25.0. The highest BCUT2D eigenvalue weighted by molar-refractivity contribution is 6.16. The molecule has 0 unspecified atom stereocenters. The first-order chi connectivity index (χ1) is 21.8. The van der Waals surface area contributed by atoms with Crippen molar-refractivity contribution in [2.45, 2.75) is 44.9 Å². The van der Waals surface area contributed by atoms with Gasteiger partial charge < -0.3 is 15.4 Å². The van der Waals surface area contributed by atoms with Crippen LogP contribution in [0.4, 0.5) is 14.5 Å². The van der Waals surface area contributed by atoms with E-state index in [0.717, 1.165) is 28.1 Å². The lowest BCUT2D eigenvalue weighted by Crippen LogP contribution is -2.55. The predicted octanol–water partition coefficient (Wildman–Crippen LogP) is 5.43. The van der Waals surface area contributed by atoms with Gasteiger partial charge in [-0.1, -0.05) is 18.2 Å². The molecule has 8 nitrogen and oxygen atoms in total. The van der Waals surface area contributed by atoms with E-state index < -0.39 is 17.7 Å². The maximum absolute atomic E-state index is 15.0. The largest absolute Gasteiger partial charge is 0.496 e. The van der Waals surface area contributed by atoms with Gasteiger partial charge in [0.25, 0.3) is 5.91 Å². The van der Waals surface area contributed by atoms with Gasteiger partial charge in [0.05, 0.1) is 25.4 Å². The van der Waals surface area contributed by atoms with Crippen LogP contribution < -0.4 is 15.4 Å². The second-order valence-electron chi connectivity index (χ2n) is 11.3. The third-order valence-corrected chi connectivity index (χ3v) is 8.28. The molecule has 2 N–H and O–H groups in total. The van der Waals surface area contributed by atoms with Crippen LogP contribution in [-0.4, -0.2) is 53.1 Å². The van der Waals surface area contributed by atoms with Gasteiger partial charge in [-0.25, -0.2) is 8.78 Å². The van der Waals surface area contributed by atoms with Gasteiger partial charge in [0, 0.05) is 59.0 Å². The molecule has 0 bridgehead atoms. The number of aryl methyl sites for hydroxylation is 1. The van der Waals surface area contributed by atoms with E-state index in [1.54, 1.807) is 30.5 Å². The zero-order chi connectivity index (χ0) is 31.5. The second kappa shape index (κ2) is 13.0. The molecule has 1 fully saturated rings. The Labute approximate surface area is 260 Å². The number of ether oxygens (including phenoxy) is 1. The fraction of sp³-hybridized carbons (Fsp3) is 0.257. The number of hydrogen-bond donors (Lipinski definition) is 2. The highest BCUT2D eigenvalue weighted by Gasteiger charge is 2.35. The molecule has 45 heavy (non-hydrogen) atoms. The summed E-state index contributed by atoms with van der Waals surface area (Å²) in [5.41, 5.74) is 5.78. The first kappa shape index (κ1) is 30.1. The van der Waals surface area contributed by atoms with E-state index in [2.05, 4.69) is 15.6 Å². The molecule has 10 heteroatoms.